The van der Waals surface area contributed by atoms with Gasteiger partial charge in [0.2, 0.25) is 0 Å². The van der Waals surface area contributed by atoms with Crippen molar-refractivity contribution in [3.8, 4) is 0 Å². The average molecular weight is 220 g/mol. The highest BCUT2D eigenvalue weighted by molar-refractivity contribution is 5.08. The van der Waals surface area contributed by atoms with Gasteiger partial charge in [0.1, 0.15) is 0 Å². The van der Waals surface area contributed by atoms with Crippen LogP contribution in [0.4, 0.5) is 8.78 Å². The predicted molar refractivity (Wildman–Crippen MR) is 59.7 cm³/mol. The van der Waals surface area contributed by atoms with Crippen molar-refractivity contribution in [3.63, 3.8) is 0 Å². The quantitative estimate of drug-likeness (QED) is 0.721. The molecule has 15 heavy (non-hydrogen) atoms. The van der Waals surface area contributed by atoms with E-state index in [2.05, 4.69) is 11.9 Å². The standard InChI is InChI=1S/C11H22F2N2/c1-6-15-9(5)11(12,13)8(4)10(14)7(2)3/h7-8,10,15H,5-6,14H2,1-4H3/t8-,10+/m1/s1. The topological polar surface area (TPSA) is 38.0 Å². The van der Waals surface area contributed by atoms with Crippen LogP contribution in [0.25, 0.3) is 0 Å². The first kappa shape index (κ1) is 14.4. The Morgan fingerprint density at radius 1 is 1.40 bits per heavy atom. The number of hydrogen-bond acceptors (Lipinski definition) is 2. The zero-order chi connectivity index (χ0) is 12.2. The fraction of sp³-hybridized carbons (Fsp3) is 0.818. The van der Waals surface area contributed by atoms with Crippen LogP contribution in [0.5, 0.6) is 0 Å². The Bertz CT molecular complexity index is 215. The predicted octanol–water partition coefficient (Wildman–Crippen LogP) is 2.36. The van der Waals surface area contributed by atoms with Gasteiger partial charge in [-0.25, -0.2) is 0 Å². The lowest BCUT2D eigenvalue weighted by molar-refractivity contribution is -0.0343. The van der Waals surface area contributed by atoms with Crippen molar-refractivity contribution in [2.75, 3.05) is 6.54 Å². The van der Waals surface area contributed by atoms with Crippen LogP contribution in [0.1, 0.15) is 27.7 Å². The molecule has 0 fully saturated rings. The molecule has 90 valence electrons. The first-order chi connectivity index (χ1) is 6.75. The van der Waals surface area contributed by atoms with E-state index in [1.54, 1.807) is 6.92 Å². The number of halogens is 2. The SMILES string of the molecule is C=C(NCC)C(F)(F)[C@H](C)[C@@H](N)C(C)C. The lowest BCUT2D eigenvalue weighted by Gasteiger charge is -2.32. The van der Waals surface area contributed by atoms with Crippen molar-refractivity contribution in [1.82, 2.24) is 5.32 Å². The second kappa shape index (κ2) is 5.45. The lowest BCUT2D eigenvalue weighted by Crippen LogP contribution is -2.46. The Morgan fingerprint density at radius 2 is 1.87 bits per heavy atom. The van der Waals surface area contributed by atoms with Gasteiger partial charge in [0.25, 0.3) is 5.92 Å². The average Bonchev–Trinajstić information content (AvgIpc) is 2.15. The van der Waals surface area contributed by atoms with E-state index in [1.807, 2.05) is 13.8 Å². The molecule has 2 atom stereocenters. The molecule has 0 aromatic rings. The minimum atomic E-state index is -2.96. The highest BCUT2D eigenvalue weighted by Gasteiger charge is 2.43. The van der Waals surface area contributed by atoms with Crippen LogP contribution in [-0.4, -0.2) is 18.5 Å². The van der Waals surface area contributed by atoms with E-state index < -0.39 is 17.9 Å². The fourth-order valence-corrected chi connectivity index (χ4v) is 1.43. The van der Waals surface area contributed by atoms with Crippen LogP contribution in [-0.2, 0) is 0 Å². The van der Waals surface area contributed by atoms with Gasteiger partial charge in [-0.05, 0) is 12.8 Å². The van der Waals surface area contributed by atoms with E-state index in [9.17, 15) is 8.78 Å². The smallest absolute Gasteiger partial charge is 0.290 e. The van der Waals surface area contributed by atoms with Gasteiger partial charge in [0.15, 0.2) is 0 Å². The summed E-state index contributed by atoms with van der Waals surface area (Å²) in [5, 5.41) is 2.56. The molecule has 0 amide bonds. The number of nitrogens with two attached hydrogens (primary N) is 1. The zero-order valence-electron chi connectivity index (χ0n) is 9.98. The van der Waals surface area contributed by atoms with E-state index in [0.717, 1.165) is 0 Å². The Labute approximate surface area is 90.9 Å². The number of allylic oxidation sites excluding steroid dienone is 1. The third-order valence-electron chi connectivity index (χ3n) is 2.71. The van der Waals surface area contributed by atoms with E-state index >= 15 is 0 Å². The highest BCUT2D eigenvalue weighted by atomic mass is 19.3. The minimum Gasteiger partial charge on any atom is -0.384 e. The van der Waals surface area contributed by atoms with Crippen LogP contribution < -0.4 is 11.1 Å². The maximum Gasteiger partial charge on any atom is 0.290 e. The van der Waals surface area contributed by atoms with Crippen molar-refractivity contribution >= 4 is 0 Å². The van der Waals surface area contributed by atoms with Crippen molar-refractivity contribution in [2.45, 2.75) is 39.7 Å². The highest BCUT2D eigenvalue weighted by Crippen LogP contribution is 2.33. The van der Waals surface area contributed by atoms with Crippen LogP contribution >= 0.6 is 0 Å². The Balaban J connectivity index is 4.63. The van der Waals surface area contributed by atoms with Gasteiger partial charge in [0, 0.05) is 18.5 Å². The van der Waals surface area contributed by atoms with Gasteiger partial charge in [-0.2, -0.15) is 8.78 Å². The fourth-order valence-electron chi connectivity index (χ4n) is 1.43. The number of rotatable bonds is 6. The molecule has 0 aliphatic carbocycles. The van der Waals surface area contributed by atoms with Crippen molar-refractivity contribution < 1.29 is 8.78 Å². The molecule has 0 aliphatic heterocycles. The summed E-state index contributed by atoms with van der Waals surface area (Å²) >= 11 is 0. The molecular formula is C11H22F2N2. The molecule has 0 aromatic heterocycles. The molecular weight excluding hydrogens is 198 g/mol. The Hall–Kier alpha value is -0.640. The van der Waals surface area contributed by atoms with Gasteiger partial charge in [0.05, 0.1) is 5.70 Å². The molecule has 2 nitrogen and oxygen atoms in total. The van der Waals surface area contributed by atoms with Gasteiger partial charge >= 0.3 is 0 Å². The second-order valence-corrected chi connectivity index (χ2v) is 4.24. The first-order valence-corrected chi connectivity index (χ1v) is 5.31. The molecule has 4 heteroatoms. The van der Waals surface area contributed by atoms with Crippen LogP contribution in [0, 0.1) is 11.8 Å². The number of alkyl halides is 2. The summed E-state index contributed by atoms with van der Waals surface area (Å²) in [4.78, 5) is 0. The van der Waals surface area contributed by atoms with Gasteiger partial charge in [-0.15, -0.1) is 0 Å². The molecule has 0 unspecified atom stereocenters. The maximum absolute atomic E-state index is 13.8. The number of hydrogen-bond donors (Lipinski definition) is 2. The first-order valence-electron chi connectivity index (χ1n) is 5.31. The van der Waals surface area contributed by atoms with Crippen LogP contribution in [0.3, 0.4) is 0 Å². The summed E-state index contributed by atoms with van der Waals surface area (Å²) in [6.07, 6.45) is 0. The molecule has 3 N–H and O–H groups in total. The molecule has 0 spiro atoms. The minimum absolute atomic E-state index is 0.0281. The summed E-state index contributed by atoms with van der Waals surface area (Å²) < 4.78 is 27.5. The van der Waals surface area contributed by atoms with Crippen LogP contribution in [0.2, 0.25) is 0 Å². The second-order valence-electron chi connectivity index (χ2n) is 4.24. The van der Waals surface area contributed by atoms with E-state index in [0.29, 0.717) is 6.54 Å². The molecule has 0 rings (SSSR count). The lowest BCUT2D eigenvalue weighted by atomic mass is 9.86. The third kappa shape index (κ3) is 3.45. The van der Waals surface area contributed by atoms with Gasteiger partial charge in [-0.3, -0.25) is 0 Å². The summed E-state index contributed by atoms with van der Waals surface area (Å²) in [6.45, 7) is 10.7. The summed E-state index contributed by atoms with van der Waals surface area (Å²) in [5.41, 5.74) is 5.49. The maximum atomic E-state index is 13.8. The summed E-state index contributed by atoms with van der Waals surface area (Å²) in [7, 11) is 0. The van der Waals surface area contributed by atoms with Crippen molar-refractivity contribution in [3.05, 3.63) is 12.3 Å². The largest absolute Gasteiger partial charge is 0.384 e. The third-order valence-corrected chi connectivity index (χ3v) is 2.71. The molecule has 0 radical (unpaired) electrons. The molecule has 0 saturated heterocycles. The monoisotopic (exact) mass is 220 g/mol. The molecule has 0 saturated carbocycles. The van der Waals surface area contributed by atoms with Gasteiger partial charge < -0.3 is 11.1 Å². The summed E-state index contributed by atoms with van der Waals surface area (Å²) in [6, 6.07) is -0.532. The molecule has 0 aliphatic rings. The van der Waals surface area contributed by atoms with E-state index in [1.165, 1.54) is 6.92 Å². The Morgan fingerprint density at radius 3 is 2.20 bits per heavy atom. The van der Waals surface area contributed by atoms with E-state index in [4.69, 9.17) is 5.73 Å². The normalized spacial score (nSPS) is 16.3. The molecule has 0 bridgehead atoms. The van der Waals surface area contributed by atoms with E-state index in [-0.39, 0.29) is 11.6 Å². The van der Waals surface area contributed by atoms with Crippen molar-refractivity contribution in [1.29, 1.82) is 0 Å². The molecule has 0 aromatic carbocycles. The summed E-state index contributed by atoms with van der Waals surface area (Å²) in [5.74, 6) is -3.84. The van der Waals surface area contributed by atoms with Crippen LogP contribution in [0.15, 0.2) is 12.3 Å². The molecule has 0 heterocycles. The van der Waals surface area contributed by atoms with Gasteiger partial charge in [-0.1, -0.05) is 27.4 Å². The zero-order valence-corrected chi connectivity index (χ0v) is 9.98. The Kier molecular flexibility index (Phi) is 5.21. The van der Waals surface area contributed by atoms with Crippen molar-refractivity contribution in [2.24, 2.45) is 17.6 Å². The number of nitrogens with one attached hydrogen (secondary N) is 1.